The van der Waals surface area contributed by atoms with E-state index < -0.39 is 11.7 Å². The van der Waals surface area contributed by atoms with Gasteiger partial charge in [0, 0.05) is 12.1 Å². The summed E-state index contributed by atoms with van der Waals surface area (Å²) in [5.74, 6) is -0.179. The maximum Gasteiger partial charge on any atom is 0.419 e. The molecular weight excluding hydrogens is 301 g/mol. The Morgan fingerprint density at radius 3 is 2.52 bits per heavy atom. The zero-order valence-electron chi connectivity index (χ0n) is 11.4. The van der Waals surface area contributed by atoms with E-state index >= 15 is 0 Å². The molecule has 0 aliphatic carbocycles. The molecule has 1 aromatic carbocycles. The molecule has 0 spiro atoms. The lowest BCUT2D eigenvalue weighted by Crippen LogP contribution is -2.25. The van der Waals surface area contributed by atoms with Crippen molar-refractivity contribution < 1.29 is 17.9 Å². The van der Waals surface area contributed by atoms with Crippen molar-refractivity contribution in [2.45, 2.75) is 19.0 Å². The third kappa shape index (κ3) is 4.31. The monoisotopic (exact) mass is 318 g/mol. The minimum absolute atomic E-state index is 0.0656. The molecule has 1 aliphatic rings. The van der Waals surface area contributed by atoms with Crippen LogP contribution in [-0.2, 0) is 6.18 Å². The summed E-state index contributed by atoms with van der Waals surface area (Å²) in [5.41, 5.74) is 4.72. The van der Waals surface area contributed by atoms with Gasteiger partial charge in [-0.3, -0.25) is 4.90 Å². The molecule has 21 heavy (non-hydrogen) atoms. The summed E-state index contributed by atoms with van der Waals surface area (Å²) < 4.78 is 44.5. The van der Waals surface area contributed by atoms with Crippen LogP contribution < -0.4 is 10.5 Å². The second-order valence-electron chi connectivity index (χ2n) is 4.97. The molecule has 0 atom stereocenters. The molecule has 3 nitrogen and oxygen atoms in total. The quantitative estimate of drug-likeness (QED) is 0.847. The highest BCUT2D eigenvalue weighted by Crippen LogP contribution is 2.36. The van der Waals surface area contributed by atoms with Gasteiger partial charge in [-0.1, -0.05) is 12.2 Å². The standard InChI is InChI=1S/C14H17F3N2OS/c15-14(16,17)11-9-10(13(18)21)3-4-12(11)20-8-7-19-5-1-2-6-19/h3-4,9H,1-2,5-8H2,(H2,18,21). The predicted octanol–water partition coefficient (Wildman–Crippen LogP) is 2.81. The number of ether oxygens (including phenoxy) is 1. The number of benzene rings is 1. The molecule has 2 N–H and O–H groups in total. The molecule has 116 valence electrons. The Kier molecular flexibility index (Phi) is 5.05. The number of hydrogen-bond acceptors (Lipinski definition) is 3. The molecule has 2 rings (SSSR count). The molecule has 0 unspecified atom stereocenters. The lowest BCUT2D eigenvalue weighted by Gasteiger charge is -2.18. The molecule has 7 heteroatoms. The largest absolute Gasteiger partial charge is 0.492 e. The van der Waals surface area contributed by atoms with Crippen LogP contribution in [0.15, 0.2) is 18.2 Å². The molecule has 1 saturated heterocycles. The maximum absolute atomic E-state index is 13.0. The molecule has 0 radical (unpaired) electrons. The molecule has 0 bridgehead atoms. The molecule has 1 fully saturated rings. The van der Waals surface area contributed by atoms with E-state index in [1.54, 1.807) is 0 Å². The Hall–Kier alpha value is -1.34. The zero-order chi connectivity index (χ0) is 15.5. The van der Waals surface area contributed by atoms with Gasteiger partial charge in [-0.25, -0.2) is 0 Å². The zero-order valence-corrected chi connectivity index (χ0v) is 12.3. The fraction of sp³-hybridized carbons (Fsp3) is 0.500. The van der Waals surface area contributed by atoms with Gasteiger partial charge in [-0.05, 0) is 44.1 Å². The second kappa shape index (κ2) is 6.62. The second-order valence-corrected chi connectivity index (χ2v) is 5.41. The van der Waals surface area contributed by atoms with Crippen LogP contribution in [0.1, 0.15) is 24.0 Å². The average molecular weight is 318 g/mol. The molecule has 0 aromatic heterocycles. The third-order valence-corrected chi connectivity index (χ3v) is 3.67. The van der Waals surface area contributed by atoms with E-state index in [0.717, 1.165) is 32.0 Å². The minimum Gasteiger partial charge on any atom is -0.492 e. The van der Waals surface area contributed by atoms with Crippen LogP contribution in [-0.4, -0.2) is 36.1 Å². The highest BCUT2D eigenvalue weighted by Gasteiger charge is 2.35. The van der Waals surface area contributed by atoms with Crippen molar-refractivity contribution in [3.8, 4) is 5.75 Å². The van der Waals surface area contributed by atoms with E-state index in [4.69, 9.17) is 22.7 Å². The highest BCUT2D eigenvalue weighted by atomic mass is 32.1. The van der Waals surface area contributed by atoms with Crippen molar-refractivity contribution in [1.29, 1.82) is 0 Å². The van der Waals surface area contributed by atoms with Crippen molar-refractivity contribution in [2.24, 2.45) is 5.73 Å². The number of nitrogens with zero attached hydrogens (tertiary/aromatic N) is 1. The molecule has 1 heterocycles. The summed E-state index contributed by atoms with van der Waals surface area (Å²) in [6.45, 7) is 2.83. The topological polar surface area (TPSA) is 38.5 Å². The Balaban J connectivity index is 2.08. The van der Waals surface area contributed by atoms with Crippen LogP contribution in [0.4, 0.5) is 13.2 Å². The number of alkyl halides is 3. The summed E-state index contributed by atoms with van der Waals surface area (Å²) in [6.07, 6.45) is -2.23. The highest BCUT2D eigenvalue weighted by molar-refractivity contribution is 7.80. The number of likely N-dealkylation sites (tertiary alicyclic amines) is 1. The van der Waals surface area contributed by atoms with Crippen molar-refractivity contribution in [3.63, 3.8) is 0 Å². The van der Waals surface area contributed by atoms with Gasteiger partial charge in [0.1, 0.15) is 17.3 Å². The average Bonchev–Trinajstić information content (AvgIpc) is 2.90. The third-order valence-electron chi connectivity index (χ3n) is 3.43. The predicted molar refractivity (Wildman–Crippen MR) is 78.5 cm³/mol. The van der Waals surface area contributed by atoms with Crippen LogP contribution >= 0.6 is 12.2 Å². The molecule has 0 amide bonds. The molecule has 0 saturated carbocycles. The Morgan fingerprint density at radius 2 is 1.95 bits per heavy atom. The van der Waals surface area contributed by atoms with Gasteiger partial charge in [-0.2, -0.15) is 13.2 Å². The normalized spacial score (nSPS) is 16.1. The fourth-order valence-electron chi connectivity index (χ4n) is 2.32. The summed E-state index contributed by atoms with van der Waals surface area (Å²) in [6, 6.07) is 3.66. The van der Waals surface area contributed by atoms with E-state index in [1.165, 1.54) is 12.1 Å². The van der Waals surface area contributed by atoms with E-state index in [-0.39, 0.29) is 22.9 Å². The first-order valence-corrected chi connectivity index (χ1v) is 7.15. The van der Waals surface area contributed by atoms with E-state index in [0.29, 0.717) is 6.54 Å². The van der Waals surface area contributed by atoms with Gasteiger partial charge < -0.3 is 10.5 Å². The first-order valence-electron chi connectivity index (χ1n) is 6.74. The Morgan fingerprint density at radius 1 is 1.29 bits per heavy atom. The number of halogens is 3. The lowest BCUT2D eigenvalue weighted by atomic mass is 10.1. The smallest absolute Gasteiger partial charge is 0.419 e. The van der Waals surface area contributed by atoms with Crippen LogP contribution in [0, 0.1) is 0 Å². The van der Waals surface area contributed by atoms with Gasteiger partial charge in [0.25, 0.3) is 0 Å². The number of nitrogens with two attached hydrogens (primary N) is 1. The van der Waals surface area contributed by atoms with Crippen molar-refractivity contribution >= 4 is 17.2 Å². The van der Waals surface area contributed by atoms with Crippen LogP contribution in [0.2, 0.25) is 0 Å². The van der Waals surface area contributed by atoms with Crippen molar-refractivity contribution in [3.05, 3.63) is 29.3 Å². The van der Waals surface area contributed by atoms with Gasteiger partial charge in [0.2, 0.25) is 0 Å². The van der Waals surface area contributed by atoms with Crippen molar-refractivity contribution in [2.75, 3.05) is 26.2 Å². The lowest BCUT2D eigenvalue weighted by molar-refractivity contribution is -0.139. The maximum atomic E-state index is 13.0. The van der Waals surface area contributed by atoms with Crippen LogP contribution in [0.5, 0.6) is 5.75 Å². The van der Waals surface area contributed by atoms with E-state index in [1.807, 2.05) is 0 Å². The van der Waals surface area contributed by atoms with Gasteiger partial charge in [0.05, 0.1) is 5.56 Å². The van der Waals surface area contributed by atoms with Crippen LogP contribution in [0.25, 0.3) is 0 Å². The SMILES string of the molecule is NC(=S)c1ccc(OCCN2CCCC2)c(C(F)(F)F)c1. The van der Waals surface area contributed by atoms with Gasteiger partial charge in [0.15, 0.2) is 0 Å². The summed E-state index contributed by atoms with van der Waals surface area (Å²) in [7, 11) is 0. The summed E-state index contributed by atoms with van der Waals surface area (Å²) >= 11 is 4.71. The first-order chi connectivity index (χ1) is 9.88. The Bertz CT molecular complexity index is 513. The van der Waals surface area contributed by atoms with Crippen molar-refractivity contribution in [1.82, 2.24) is 4.90 Å². The molecule has 1 aromatic rings. The van der Waals surface area contributed by atoms with Gasteiger partial charge >= 0.3 is 6.18 Å². The van der Waals surface area contributed by atoms with Crippen LogP contribution in [0.3, 0.4) is 0 Å². The van der Waals surface area contributed by atoms with E-state index in [9.17, 15) is 13.2 Å². The number of hydrogen-bond donors (Lipinski definition) is 1. The summed E-state index contributed by atoms with van der Waals surface area (Å²) in [5, 5.41) is 0. The first kappa shape index (κ1) is 16.0. The Labute approximate surface area is 126 Å². The summed E-state index contributed by atoms with van der Waals surface area (Å²) in [4.78, 5) is 2.11. The minimum atomic E-state index is -4.50. The fourth-order valence-corrected chi connectivity index (χ4v) is 2.45. The number of thiocarbonyl (C=S) groups is 1. The molecule has 1 aliphatic heterocycles. The number of rotatable bonds is 5. The van der Waals surface area contributed by atoms with Gasteiger partial charge in [-0.15, -0.1) is 0 Å². The molecular formula is C14H17F3N2OS. The van der Waals surface area contributed by atoms with E-state index in [2.05, 4.69) is 4.90 Å².